The molecule has 0 atom stereocenters. The molecule has 0 bridgehead atoms. The number of hydrogen-bond donors (Lipinski definition) is 0. The molecule has 2 heterocycles. The smallest absolute Gasteiger partial charge is 0.0541 e. The topological polar surface area (TPSA) is 9.86 Å². The van der Waals surface area contributed by atoms with E-state index in [4.69, 9.17) is 0 Å². The van der Waals surface area contributed by atoms with Gasteiger partial charge in [-0.2, -0.15) is 0 Å². The number of nitrogens with zero attached hydrogens (tertiary/aromatic N) is 2. The van der Waals surface area contributed by atoms with Gasteiger partial charge in [-0.25, -0.2) is 0 Å². The van der Waals surface area contributed by atoms with Crippen molar-refractivity contribution in [1.29, 1.82) is 0 Å². The lowest BCUT2D eigenvalue weighted by molar-refractivity contribution is 0.332. The summed E-state index contributed by atoms with van der Waals surface area (Å²) in [6.07, 6.45) is 2.45. The van der Waals surface area contributed by atoms with Crippen molar-refractivity contribution in [2.45, 2.75) is 51.4 Å². The predicted octanol–water partition coefficient (Wildman–Crippen LogP) is 15.2. The molecule has 0 spiro atoms. The first-order valence-electron chi connectivity index (χ1n) is 20.7. The van der Waals surface area contributed by atoms with E-state index in [0.717, 1.165) is 0 Å². The molecule has 0 saturated heterocycles. The zero-order valence-electron chi connectivity index (χ0n) is 33.6. The van der Waals surface area contributed by atoms with E-state index >= 15 is 0 Å². The Morgan fingerprint density at radius 3 is 1.40 bits per heavy atom. The molecule has 0 fully saturated rings. The Balaban J connectivity index is 0.989. The van der Waals surface area contributed by atoms with Crippen molar-refractivity contribution in [1.82, 2.24) is 9.13 Å². The van der Waals surface area contributed by atoms with Gasteiger partial charge in [0.1, 0.15) is 0 Å². The Labute approximate surface area is 340 Å². The van der Waals surface area contributed by atoms with E-state index in [1.165, 1.54) is 112 Å². The van der Waals surface area contributed by atoms with Crippen LogP contribution in [0.3, 0.4) is 0 Å². The molecule has 1 aliphatic rings. The van der Waals surface area contributed by atoms with Crippen LogP contribution in [0.2, 0.25) is 0 Å². The van der Waals surface area contributed by atoms with Crippen LogP contribution in [0.15, 0.2) is 182 Å². The second-order valence-electron chi connectivity index (χ2n) is 17.7. The molecular formula is C56H46N2. The van der Waals surface area contributed by atoms with E-state index < -0.39 is 0 Å². The molecule has 2 heteroatoms. The molecule has 8 aromatic carbocycles. The zero-order valence-corrected chi connectivity index (χ0v) is 33.6. The largest absolute Gasteiger partial charge is 0.309 e. The van der Waals surface area contributed by atoms with Crippen molar-refractivity contribution in [3.63, 3.8) is 0 Å². The second-order valence-corrected chi connectivity index (χ2v) is 17.7. The predicted molar refractivity (Wildman–Crippen MR) is 247 cm³/mol. The molecule has 11 rings (SSSR count). The minimum absolute atomic E-state index is 0.183. The summed E-state index contributed by atoms with van der Waals surface area (Å²) in [5, 5.41) is 5.04. The number of benzene rings is 8. The summed E-state index contributed by atoms with van der Waals surface area (Å²) in [6, 6.07) is 67.5. The molecule has 280 valence electrons. The van der Waals surface area contributed by atoms with Crippen LogP contribution in [0.5, 0.6) is 0 Å². The van der Waals surface area contributed by atoms with Gasteiger partial charge in [-0.05, 0) is 129 Å². The summed E-state index contributed by atoms with van der Waals surface area (Å²) in [4.78, 5) is 0. The van der Waals surface area contributed by atoms with E-state index in [-0.39, 0.29) is 10.8 Å². The number of para-hydroxylation sites is 2. The van der Waals surface area contributed by atoms with Gasteiger partial charge in [0, 0.05) is 32.9 Å². The molecule has 2 nitrogen and oxygen atoms in total. The van der Waals surface area contributed by atoms with Crippen LogP contribution in [0, 0.1) is 0 Å². The van der Waals surface area contributed by atoms with Crippen molar-refractivity contribution >= 4 is 43.6 Å². The molecule has 0 N–H and O–H groups in total. The van der Waals surface area contributed by atoms with Gasteiger partial charge in [0.05, 0.1) is 22.1 Å². The first-order valence-corrected chi connectivity index (χ1v) is 20.7. The fraction of sp³-hybridized carbons (Fsp3) is 0.143. The minimum Gasteiger partial charge on any atom is -0.309 e. The monoisotopic (exact) mass is 746 g/mol. The molecule has 2 aromatic heterocycles. The summed E-state index contributed by atoms with van der Waals surface area (Å²) in [5.74, 6) is 0. The average molecular weight is 747 g/mol. The maximum absolute atomic E-state index is 2.46. The first kappa shape index (κ1) is 34.6. The highest BCUT2D eigenvalue weighted by Gasteiger charge is 2.37. The molecular weight excluding hydrogens is 701 g/mol. The molecule has 58 heavy (non-hydrogen) atoms. The van der Waals surface area contributed by atoms with Crippen LogP contribution in [0.25, 0.3) is 88.4 Å². The Morgan fingerprint density at radius 1 is 0.310 bits per heavy atom. The highest BCUT2D eigenvalue weighted by molar-refractivity contribution is 6.12. The third-order valence-electron chi connectivity index (χ3n) is 13.2. The molecule has 0 unspecified atom stereocenters. The van der Waals surface area contributed by atoms with Crippen molar-refractivity contribution < 1.29 is 0 Å². The van der Waals surface area contributed by atoms with Gasteiger partial charge < -0.3 is 9.13 Å². The van der Waals surface area contributed by atoms with E-state index in [1.54, 1.807) is 0 Å². The lowest BCUT2D eigenvalue weighted by atomic mass is 9.63. The zero-order chi connectivity index (χ0) is 39.2. The Hall–Kier alpha value is -6.64. The summed E-state index contributed by atoms with van der Waals surface area (Å²) < 4.78 is 4.84. The van der Waals surface area contributed by atoms with Crippen LogP contribution in [0.4, 0.5) is 0 Å². The minimum atomic E-state index is 0.183. The lowest BCUT2D eigenvalue weighted by Crippen LogP contribution is -2.33. The molecule has 0 aliphatic heterocycles. The maximum atomic E-state index is 2.46. The maximum Gasteiger partial charge on any atom is 0.0541 e. The summed E-state index contributed by atoms with van der Waals surface area (Å²) in [6.45, 7) is 9.61. The quantitative estimate of drug-likeness (QED) is 0.166. The van der Waals surface area contributed by atoms with Crippen LogP contribution in [-0.2, 0) is 10.8 Å². The van der Waals surface area contributed by atoms with E-state index in [1.807, 2.05) is 0 Å². The van der Waals surface area contributed by atoms with Gasteiger partial charge in [0.15, 0.2) is 0 Å². The van der Waals surface area contributed by atoms with E-state index in [0.29, 0.717) is 0 Å². The van der Waals surface area contributed by atoms with Crippen LogP contribution >= 0.6 is 0 Å². The Bertz CT molecular complexity index is 3210. The van der Waals surface area contributed by atoms with Gasteiger partial charge in [-0.1, -0.05) is 149 Å². The van der Waals surface area contributed by atoms with Gasteiger partial charge in [-0.3, -0.25) is 0 Å². The third-order valence-corrected chi connectivity index (χ3v) is 13.2. The average Bonchev–Trinajstić information content (AvgIpc) is 3.78. The lowest BCUT2D eigenvalue weighted by Gasteiger charge is -2.42. The Morgan fingerprint density at radius 2 is 0.759 bits per heavy atom. The van der Waals surface area contributed by atoms with Crippen LogP contribution in [-0.4, -0.2) is 9.13 Å². The highest BCUT2D eigenvalue weighted by Crippen LogP contribution is 2.47. The fourth-order valence-electron chi connectivity index (χ4n) is 9.89. The van der Waals surface area contributed by atoms with Gasteiger partial charge in [0.2, 0.25) is 0 Å². The summed E-state index contributed by atoms with van der Waals surface area (Å²) in [7, 11) is 0. The third kappa shape index (κ3) is 5.46. The molecule has 0 radical (unpaired) electrons. The van der Waals surface area contributed by atoms with E-state index in [9.17, 15) is 0 Å². The number of rotatable bonds is 5. The second kappa shape index (κ2) is 12.9. The number of aromatic nitrogens is 2. The van der Waals surface area contributed by atoms with Crippen molar-refractivity contribution in [2.24, 2.45) is 0 Å². The molecule has 10 aromatic rings. The van der Waals surface area contributed by atoms with E-state index in [2.05, 4.69) is 219 Å². The number of fused-ring (bicyclic) bond motifs is 7. The first-order chi connectivity index (χ1) is 28.2. The summed E-state index contributed by atoms with van der Waals surface area (Å²) in [5.41, 5.74) is 18.0. The van der Waals surface area contributed by atoms with Gasteiger partial charge in [-0.15, -0.1) is 0 Å². The van der Waals surface area contributed by atoms with Gasteiger partial charge in [0.25, 0.3) is 0 Å². The molecule has 0 saturated carbocycles. The Kier molecular flexibility index (Phi) is 7.72. The molecule has 0 amide bonds. The van der Waals surface area contributed by atoms with Crippen molar-refractivity contribution in [3.8, 4) is 44.8 Å². The fourth-order valence-corrected chi connectivity index (χ4v) is 9.89. The normalized spacial score (nSPS) is 14.7. The highest BCUT2D eigenvalue weighted by atomic mass is 15.0. The van der Waals surface area contributed by atoms with Crippen molar-refractivity contribution in [3.05, 3.63) is 193 Å². The molecule has 1 aliphatic carbocycles. The van der Waals surface area contributed by atoms with Crippen LogP contribution in [0.1, 0.15) is 51.7 Å². The SMILES string of the molecule is CC1(C)CCC(C)(C)c2cc(-c3ccc(-n4c5ccccc5c5cc(-c6ccc7c(c6)c6ccccc6n7-c6cccc(-c7ccccc7)c6)ccc54)cc3)ccc21. The van der Waals surface area contributed by atoms with Crippen LogP contribution < -0.4 is 0 Å². The van der Waals surface area contributed by atoms with Gasteiger partial charge >= 0.3 is 0 Å². The standard InChI is InChI=1S/C56H46N2/c1-55(2)31-32-56(3,4)50-36-42(23-28-49(50)55)38-21-26-43(27-22-38)57-51-19-10-8-17-45(51)47-34-40(24-29-53(47)57)41-25-30-54-48(35-41)46-18-9-11-20-52(46)58(54)44-16-12-15-39(33-44)37-13-6-5-7-14-37/h5-30,33-36H,31-32H2,1-4H3. The number of hydrogen-bond acceptors (Lipinski definition) is 0. The summed E-state index contributed by atoms with van der Waals surface area (Å²) >= 11 is 0. The van der Waals surface area contributed by atoms with Crippen molar-refractivity contribution in [2.75, 3.05) is 0 Å².